The van der Waals surface area contributed by atoms with Crippen molar-refractivity contribution in [3.8, 4) is 0 Å². The van der Waals surface area contributed by atoms with Gasteiger partial charge in [0.05, 0.1) is 0 Å². The molecule has 0 heterocycles. The summed E-state index contributed by atoms with van der Waals surface area (Å²) >= 11 is 0. The Bertz CT molecular complexity index is 477. The minimum absolute atomic E-state index is 0.133. The second-order valence-corrected chi connectivity index (χ2v) is 6.77. The number of carboxylic acids is 1. The fourth-order valence-corrected chi connectivity index (χ4v) is 2.25. The molecule has 0 aliphatic rings. The first kappa shape index (κ1) is 16.7. The zero-order valence-corrected chi connectivity index (χ0v) is 13.7. The summed E-state index contributed by atoms with van der Waals surface area (Å²) in [5, 5.41) is 9.08. The molecule has 0 spiro atoms. The first-order valence-corrected chi connectivity index (χ1v) is 7.07. The lowest BCUT2D eigenvalue weighted by Crippen LogP contribution is -2.35. The molecule has 3 nitrogen and oxygen atoms in total. The summed E-state index contributed by atoms with van der Waals surface area (Å²) in [7, 11) is 1.86. The van der Waals surface area contributed by atoms with Gasteiger partial charge >= 0.3 is 5.97 Å². The fourth-order valence-electron chi connectivity index (χ4n) is 2.25. The Morgan fingerprint density at radius 1 is 1.25 bits per heavy atom. The van der Waals surface area contributed by atoms with E-state index in [0.29, 0.717) is 6.54 Å². The number of benzene rings is 1. The molecule has 0 amide bonds. The minimum Gasteiger partial charge on any atom is -0.480 e. The van der Waals surface area contributed by atoms with Gasteiger partial charge in [-0.05, 0) is 55.5 Å². The van der Waals surface area contributed by atoms with Crippen LogP contribution in [0.1, 0.15) is 49.9 Å². The molecule has 1 aromatic carbocycles. The highest BCUT2D eigenvalue weighted by Crippen LogP contribution is 2.27. The fraction of sp³-hybridized carbons (Fsp3) is 0.588. The van der Waals surface area contributed by atoms with Gasteiger partial charge in [-0.1, -0.05) is 32.9 Å². The van der Waals surface area contributed by atoms with E-state index < -0.39 is 12.0 Å². The van der Waals surface area contributed by atoms with Crippen LogP contribution in [0.3, 0.4) is 0 Å². The summed E-state index contributed by atoms with van der Waals surface area (Å²) in [6, 6.07) is 3.97. The van der Waals surface area contributed by atoms with E-state index in [4.69, 9.17) is 5.11 Å². The average Bonchev–Trinajstić information content (AvgIpc) is 2.30. The third kappa shape index (κ3) is 3.83. The Morgan fingerprint density at radius 2 is 1.70 bits per heavy atom. The number of hydrogen-bond donors (Lipinski definition) is 1. The minimum atomic E-state index is -0.783. The van der Waals surface area contributed by atoms with Gasteiger partial charge in [-0.3, -0.25) is 9.69 Å². The largest absolute Gasteiger partial charge is 0.480 e. The third-order valence-electron chi connectivity index (χ3n) is 3.99. The Balaban J connectivity index is 3.06. The van der Waals surface area contributed by atoms with Crippen LogP contribution < -0.4 is 0 Å². The van der Waals surface area contributed by atoms with E-state index in [1.54, 1.807) is 6.92 Å². The van der Waals surface area contributed by atoms with Gasteiger partial charge in [0, 0.05) is 6.54 Å². The van der Waals surface area contributed by atoms with Crippen molar-refractivity contribution in [2.45, 2.75) is 59.5 Å². The number of likely N-dealkylation sites (N-methyl/N-ethyl adjacent to an activating group) is 1. The van der Waals surface area contributed by atoms with Crippen LogP contribution in [-0.4, -0.2) is 29.1 Å². The quantitative estimate of drug-likeness (QED) is 0.915. The van der Waals surface area contributed by atoms with E-state index in [1.165, 1.54) is 22.3 Å². The van der Waals surface area contributed by atoms with Gasteiger partial charge in [0.1, 0.15) is 6.04 Å². The summed E-state index contributed by atoms with van der Waals surface area (Å²) in [5.74, 6) is -0.783. The topological polar surface area (TPSA) is 40.5 Å². The van der Waals surface area contributed by atoms with E-state index >= 15 is 0 Å². The lowest BCUT2D eigenvalue weighted by atomic mass is 9.83. The Kier molecular flexibility index (Phi) is 4.98. The number of aryl methyl sites for hydroxylation is 2. The standard InChI is InChI=1S/C17H27NO2/c1-11-8-14(17(4,5)6)9-12(2)15(11)10-18(7)13(3)16(19)20/h8-9,13H,10H2,1-7H3,(H,19,20). The molecule has 3 heteroatoms. The molecule has 1 rings (SSSR count). The van der Waals surface area contributed by atoms with Crippen LogP contribution >= 0.6 is 0 Å². The Morgan fingerprint density at radius 3 is 2.05 bits per heavy atom. The predicted molar refractivity (Wildman–Crippen MR) is 83.2 cm³/mol. The first-order chi connectivity index (χ1) is 9.04. The zero-order chi connectivity index (χ0) is 15.7. The van der Waals surface area contributed by atoms with Gasteiger partial charge in [0.15, 0.2) is 0 Å². The van der Waals surface area contributed by atoms with Gasteiger partial charge < -0.3 is 5.11 Å². The molecule has 1 aromatic rings. The number of carboxylic acid groups (broad SMARTS) is 1. The second kappa shape index (κ2) is 5.96. The van der Waals surface area contributed by atoms with Crippen LogP contribution in [0.15, 0.2) is 12.1 Å². The average molecular weight is 277 g/mol. The van der Waals surface area contributed by atoms with Crippen molar-refractivity contribution in [3.63, 3.8) is 0 Å². The van der Waals surface area contributed by atoms with Crippen molar-refractivity contribution in [1.29, 1.82) is 0 Å². The molecule has 0 saturated heterocycles. The molecule has 0 fully saturated rings. The number of nitrogens with zero attached hydrogens (tertiary/aromatic N) is 1. The lowest BCUT2D eigenvalue weighted by Gasteiger charge is -2.26. The van der Waals surface area contributed by atoms with Crippen molar-refractivity contribution in [3.05, 3.63) is 34.4 Å². The number of hydrogen-bond acceptors (Lipinski definition) is 2. The SMILES string of the molecule is Cc1cc(C(C)(C)C)cc(C)c1CN(C)C(C)C(=O)O. The summed E-state index contributed by atoms with van der Waals surface area (Å²) in [5.41, 5.74) is 5.16. The van der Waals surface area contributed by atoms with E-state index in [1.807, 2.05) is 11.9 Å². The Hall–Kier alpha value is -1.35. The molecule has 1 atom stereocenters. The predicted octanol–water partition coefficient (Wildman–Crippen LogP) is 3.51. The van der Waals surface area contributed by atoms with Gasteiger partial charge in [-0.2, -0.15) is 0 Å². The van der Waals surface area contributed by atoms with E-state index in [-0.39, 0.29) is 5.41 Å². The molecule has 0 aromatic heterocycles. The molecule has 112 valence electrons. The maximum atomic E-state index is 11.0. The Labute approximate surface area is 122 Å². The molecular formula is C17H27NO2. The zero-order valence-electron chi connectivity index (χ0n) is 13.7. The van der Waals surface area contributed by atoms with Crippen molar-refractivity contribution < 1.29 is 9.90 Å². The lowest BCUT2D eigenvalue weighted by molar-refractivity contribution is -0.142. The molecule has 0 radical (unpaired) electrons. The maximum Gasteiger partial charge on any atom is 0.320 e. The highest BCUT2D eigenvalue weighted by molar-refractivity contribution is 5.72. The normalized spacial score (nSPS) is 13.6. The molecular weight excluding hydrogens is 250 g/mol. The molecule has 0 bridgehead atoms. The number of aliphatic carboxylic acids is 1. The van der Waals surface area contributed by atoms with Crippen molar-refractivity contribution in [2.75, 3.05) is 7.05 Å². The van der Waals surface area contributed by atoms with Gasteiger partial charge in [0.25, 0.3) is 0 Å². The van der Waals surface area contributed by atoms with Crippen LogP contribution in [0, 0.1) is 13.8 Å². The molecule has 1 unspecified atom stereocenters. The van der Waals surface area contributed by atoms with Crippen LogP contribution in [0.4, 0.5) is 0 Å². The number of carbonyl (C=O) groups is 1. The van der Waals surface area contributed by atoms with Crippen LogP contribution in [0.2, 0.25) is 0 Å². The summed E-state index contributed by atoms with van der Waals surface area (Å²) in [6.07, 6.45) is 0. The smallest absolute Gasteiger partial charge is 0.320 e. The van der Waals surface area contributed by atoms with E-state index in [9.17, 15) is 4.79 Å². The molecule has 0 aliphatic heterocycles. The second-order valence-electron chi connectivity index (χ2n) is 6.77. The van der Waals surface area contributed by atoms with E-state index in [2.05, 4.69) is 46.8 Å². The van der Waals surface area contributed by atoms with Crippen molar-refractivity contribution >= 4 is 5.97 Å². The van der Waals surface area contributed by atoms with Gasteiger partial charge in [0.2, 0.25) is 0 Å². The monoisotopic (exact) mass is 277 g/mol. The van der Waals surface area contributed by atoms with Crippen molar-refractivity contribution in [1.82, 2.24) is 4.90 Å². The van der Waals surface area contributed by atoms with E-state index in [0.717, 1.165) is 0 Å². The van der Waals surface area contributed by atoms with Crippen LogP contribution in [0.25, 0.3) is 0 Å². The van der Waals surface area contributed by atoms with Gasteiger partial charge in [-0.25, -0.2) is 0 Å². The van der Waals surface area contributed by atoms with Crippen molar-refractivity contribution in [2.24, 2.45) is 0 Å². The molecule has 20 heavy (non-hydrogen) atoms. The summed E-state index contributed by atoms with van der Waals surface area (Å²) in [4.78, 5) is 12.9. The molecule has 1 N–H and O–H groups in total. The van der Waals surface area contributed by atoms with Crippen LogP contribution in [0.5, 0.6) is 0 Å². The summed E-state index contributed by atoms with van der Waals surface area (Å²) in [6.45, 7) is 13.2. The summed E-state index contributed by atoms with van der Waals surface area (Å²) < 4.78 is 0. The van der Waals surface area contributed by atoms with Gasteiger partial charge in [-0.15, -0.1) is 0 Å². The third-order valence-corrected chi connectivity index (χ3v) is 3.99. The van der Waals surface area contributed by atoms with Crippen LogP contribution in [-0.2, 0) is 16.8 Å². The first-order valence-electron chi connectivity index (χ1n) is 7.07. The number of rotatable bonds is 4. The highest BCUT2D eigenvalue weighted by atomic mass is 16.4. The maximum absolute atomic E-state index is 11.0. The molecule has 0 saturated carbocycles. The highest BCUT2D eigenvalue weighted by Gasteiger charge is 2.20. The molecule has 0 aliphatic carbocycles.